The van der Waals surface area contributed by atoms with Crippen molar-refractivity contribution in [3.05, 3.63) is 42.0 Å². The molecule has 0 atom stereocenters. The van der Waals surface area contributed by atoms with E-state index in [1.807, 2.05) is 19.1 Å². The Morgan fingerprint density at radius 3 is 2.22 bits per heavy atom. The Hall–Kier alpha value is -2.10. The molecular weight excluding hydrogens is 232 g/mol. The van der Waals surface area contributed by atoms with Gasteiger partial charge in [0.05, 0.1) is 6.61 Å². The van der Waals surface area contributed by atoms with Crippen LogP contribution in [0.1, 0.15) is 19.4 Å². The molecule has 0 aliphatic heterocycles. The van der Waals surface area contributed by atoms with Crippen molar-refractivity contribution in [1.29, 1.82) is 0 Å². The maximum Gasteiger partial charge on any atom is 0.336 e. The molecule has 0 aliphatic rings. The predicted molar refractivity (Wildman–Crippen MR) is 67.2 cm³/mol. The lowest BCUT2D eigenvalue weighted by molar-refractivity contribution is -0.138. The van der Waals surface area contributed by atoms with Crippen molar-refractivity contribution in [3.63, 3.8) is 0 Å². The Kier molecular flexibility index (Phi) is 5.64. The zero-order valence-electron chi connectivity index (χ0n) is 10.5. The summed E-state index contributed by atoms with van der Waals surface area (Å²) in [7, 11) is 0. The lowest BCUT2D eigenvalue weighted by Gasteiger charge is -2.02. The van der Waals surface area contributed by atoms with Crippen LogP contribution in [0.25, 0.3) is 0 Å². The number of carbonyl (C=O) groups excluding carboxylic acids is 2. The van der Waals surface area contributed by atoms with E-state index in [2.05, 4.69) is 4.74 Å². The Bertz CT molecular complexity index is 432. The second-order valence-electron chi connectivity index (χ2n) is 3.50. The first-order valence-electron chi connectivity index (χ1n) is 5.81. The molecule has 0 heterocycles. The van der Waals surface area contributed by atoms with Gasteiger partial charge in [0.1, 0.15) is 5.75 Å². The van der Waals surface area contributed by atoms with Crippen LogP contribution in [-0.4, -0.2) is 18.5 Å². The molecule has 0 bridgehead atoms. The average Bonchev–Trinajstić information content (AvgIpc) is 2.38. The summed E-state index contributed by atoms with van der Waals surface area (Å²) in [4.78, 5) is 22.3. The van der Waals surface area contributed by atoms with Crippen molar-refractivity contribution >= 4 is 11.9 Å². The van der Waals surface area contributed by atoms with Gasteiger partial charge in [0, 0.05) is 12.2 Å². The van der Waals surface area contributed by atoms with E-state index >= 15 is 0 Å². The number of ether oxygens (including phenoxy) is 2. The lowest BCUT2D eigenvalue weighted by atomic mass is 10.2. The number of benzene rings is 1. The van der Waals surface area contributed by atoms with Crippen LogP contribution >= 0.6 is 0 Å². The number of hydrogen-bond acceptors (Lipinski definition) is 4. The van der Waals surface area contributed by atoms with E-state index in [0.29, 0.717) is 5.75 Å². The van der Waals surface area contributed by atoms with Gasteiger partial charge in [-0.2, -0.15) is 0 Å². The summed E-state index contributed by atoms with van der Waals surface area (Å²) in [6, 6.07) is 7.21. The van der Waals surface area contributed by atoms with E-state index in [1.165, 1.54) is 0 Å². The molecule has 0 aliphatic carbocycles. The molecule has 0 N–H and O–H groups in total. The summed E-state index contributed by atoms with van der Waals surface area (Å²) >= 11 is 0. The van der Waals surface area contributed by atoms with Crippen molar-refractivity contribution in [2.75, 3.05) is 6.61 Å². The fourth-order valence-electron chi connectivity index (χ4n) is 1.27. The highest BCUT2D eigenvalue weighted by Gasteiger charge is 2.02. The van der Waals surface area contributed by atoms with Gasteiger partial charge in [-0.15, -0.1) is 0 Å². The van der Waals surface area contributed by atoms with Gasteiger partial charge >= 0.3 is 11.9 Å². The highest BCUT2D eigenvalue weighted by Crippen LogP contribution is 2.12. The van der Waals surface area contributed by atoms with Crippen LogP contribution < -0.4 is 4.74 Å². The fourth-order valence-corrected chi connectivity index (χ4v) is 1.27. The molecule has 0 radical (unpaired) electrons. The maximum atomic E-state index is 11.4. The molecule has 1 aromatic rings. The van der Waals surface area contributed by atoms with Crippen LogP contribution in [0.15, 0.2) is 36.4 Å². The smallest absolute Gasteiger partial charge is 0.336 e. The second-order valence-corrected chi connectivity index (χ2v) is 3.50. The number of esters is 2. The molecule has 0 unspecified atom stereocenters. The Balaban J connectivity index is 2.51. The van der Waals surface area contributed by atoms with E-state index < -0.39 is 11.9 Å². The maximum absolute atomic E-state index is 11.4. The Morgan fingerprint density at radius 1 is 1.06 bits per heavy atom. The molecule has 18 heavy (non-hydrogen) atoms. The third-order valence-corrected chi connectivity index (χ3v) is 2.19. The van der Waals surface area contributed by atoms with E-state index in [9.17, 15) is 9.59 Å². The topological polar surface area (TPSA) is 52.6 Å². The molecule has 0 spiro atoms. The molecule has 4 nitrogen and oxygen atoms in total. The lowest BCUT2D eigenvalue weighted by Crippen LogP contribution is -2.06. The average molecular weight is 248 g/mol. The molecule has 1 rings (SSSR count). The quantitative estimate of drug-likeness (QED) is 0.455. The standard InChI is InChI=1S/C14H16O4/c1-3-11-5-7-12(8-6-11)18-14(16)10-9-13(15)17-4-2/h5-10H,3-4H2,1-2H3. The molecular formula is C14H16O4. The third kappa shape index (κ3) is 4.82. The summed E-state index contributed by atoms with van der Waals surface area (Å²) in [5.74, 6) is -0.714. The highest BCUT2D eigenvalue weighted by molar-refractivity contribution is 5.92. The first-order chi connectivity index (χ1) is 8.65. The highest BCUT2D eigenvalue weighted by atomic mass is 16.5. The minimum atomic E-state index is -0.604. The van der Waals surface area contributed by atoms with Crippen molar-refractivity contribution in [1.82, 2.24) is 0 Å². The van der Waals surface area contributed by atoms with Crippen LogP contribution in [0.2, 0.25) is 0 Å². The normalized spacial score (nSPS) is 10.3. The summed E-state index contributed by atoms with van der Waals surface area (Å²) in [5.41, 5.74) is 1.16. The number of carbonyl (C=O) groups is 2. The summed E-state index contributed by atoms with van der Waals surface area (Å²) in [6.07, 6.45) is 3.02. The van der Waals surface area contributed by atoms with Crippen molar-refractivity contribution < 1.29 is 19.1 Å². The van der Waals surface area contributed by atoms with Crippen molar-refractivity contribution in [2.45, 2.75) is 20.3 Å². The van der Waals surface area contributed by atoms with Gasteiger partial charge < -0.3 is 9.47 Å². The molecule has 1 aromatic carbocycles. The third-order valence-electron chi connectivity index (χ3n) is 2.19. The monoisotopic (exact) mass is 248 g/mol. The molecule has 4 heteroatoms. The van der Waals surface area contributed by atoms with Crippen LogP contribution in [0, 0.1) is 0 Å². The largest absolute Gasteiger partial charge is 0.463 e. The zero-order valence-corrected chi connectivity index (χ0v) is 10.5. The van der Waals surface area contributed by atoms with Gasteiger partial charge in [-0.3, -0.25) is 0 Å². The van der Waals surface area contributed by atoms with Crippen LogP contribution in [-0.2, 0) is 20.7 Å². The van der Waals surface area contributed by atoms with Gasteiger partial charge in [-0.1, -0.05) is 19.1 Å². The summed E-state index contributed by atoms with van der Waals surface area (Å²) in [6.45, 7) is 4.01. The number of hydrogen-bond donors (Lipinski definition) is 0. The van der Waals surface area contributed by atoms with Crippen molar-refractivity contribution in [3.8, 4) is 5.75 Å². The zero-order chi connectivity index (χ0) is 13.4. The van der Waals surface area contributed by atoms with Gasteiger partial charge in [-0.05, 0) is 31.0 Å². The Morgan fingerprint density at radius 2 is 1.67 bits per heavy atom. The molecule has 96 valence electrons. The number of rotatable bonds is 5. The van der Waals surface area contributed by atoms with E-state index in [4.69, 9.17) is 4.74 Å². The minimum Gasteiger partial charge on any atom is -0.463 e. The molecule has 0 aromatic heterocycles. The van der Waals surface area contributed by atoms with E-state index in [0.717, 1.165) is 24.1 Å². The molecule has 0 saturated carbocycles. The summed E-state index contributed by atoms with van der Waals surface area (Å²) in [5, 5.41) is 0. The van der Waals surface area contributed by atoms with Crippen LogP contribution in [0.5, 0.6) is 5.75 Å². The Labute approximate surface area is 106 Å². The van der Waals surface area contributed by atoms with E-state index in [-0.39, 0.29) is 6.61 Å². The second kappa shape index (κ2) is 7.27. The van der Waals surface area contributed by atoms with Gasteiger partial charge in [0.25, 0.3) is 0 Å². The number of aryl methyl sites for hydroxylation is 1. The molecule has 0 fully saturated rings. The van der Waals surface area contributed by atoms with Crippen molar-refractivity contribution in [2.24, 2.45) is 0 Å². The first-order valence-corrected chi connectivity index (χ1v) is 5.81. The van der Waals surface area contributed by atoms with E-state index in [1.54, 1.807) is 19.1 Å². The molecule has 0 saturated heterocycles. The predicted octanol–water partition coefficient (Wildman–Crippen LogP) is 2.27. The van der Waals surface area contributed by atoms with Crippen LogP contribution in [0.4, 0.5) is 0 Å². The van der Waals surface area contributed by atoms with Crippen LogP contribution in [0.3, 0.4) is 0 Å². The van der Waals surface area contributed by atoms with Gasteiger partial charge in [0.2, 0.25) is 0 Å². The van der Waals surface area contributed by atoms with Gasteiger partial charge in [0.15, 0.2) is 0 Å². The molecule has 0 amide bonds. The summed E-state index contributed by atoms with van der Waals surface area (Å²) < 4.78 is 9.65. The first kappa shape index (κ1) is 14.0. The SMILES string of the molecule is CCOC(=O)C=CC(=O)Oc1ccc(CC)cc1. The van der Waals surface area contributed by atoms with Gasteiger partial charge in [-0.25, -0.2) is 9.59 Å². The minimum absolute atomic E-state index is 0.275. The fraction of sp³-hybridized carbons (Fsp3) is 0.286.